The highest BCUT2D eigenvalue weighted by atomic mass is 16.1. The Bertz CT molecular complexity index is 122. The van der Waals surface area contributed by atoms with Crippen LogP contribution in [0.2, 0.25) is 0 Å². The van der Waals surface area contributed by atoms with E-state index in [0.29, 0.717) is 6.42 Å². The second-order valence-electron chi connectivity index (χ2n) is 2.34. The number of rotatable bonds is 1. The van der Waals surface area contributed by atoms with Crippen LogP contribution in [0.3, 0.4) is 0 Å². The van der Waals surface area contributed by atoms with Crippen LogP contribution in [0.25, 0.3) is 0 Å². The summed E-state index contributed by atoms with van der Waals surface area (Å²) >= 11 is 0. The second-order valence-corrected chi connectivity index (χ2v) is 2.34. The van der Waals surface area contributed by atoms with Gasteiger partial charge in [0.25, 0.3) is 0 Å². The molecule has 0 aliphatic heterocycles. The number of ketones is 1. The van der Waals surface area contributed by atoms with E-state index in [2.05, 4.69) is 0 Å². The SMILES string of the molecule is CC(C)C#N.CCC(C)=O. The van der Waals surface area contributed by atoms with Crippen LogP contribution in [0.4, 0.5) is 0 Å². The molecule has 0 aromatic heterocycles. The molecule has 0 saturated heterocycles. The first-order chi connectivity index (χ1) is 4.54. The summed E-state index contributed by atoms with van der Waals surface area (Å²) in [6.07, 6.45) is 0.667. The molecule has 2 heteroatoms. The summed E-state index contributed by atoms with van der Waals surface area (Å²) in [7, 11) is 0. The number of hydrogen-bond donors (Lipinski definition) is 0. The topological polar surface area (TPSA) is 40.9 Å². The molecule has 0 aliphatic rings. The summed E-state index contributed by atoms with van der Waals surface area (Å²) in [5.74, 6) is 0.444. The molecule has 0 aliphatic carbocycles. The normalized spacial score (nSPS) is 7.60. The van der Waals surface area contributed by atoms with Gasteiger partial charge in [-0.2, -0.15) is 5.26 Å². The van der Waals surface area contributed by atoms with Gasteiger partial charge in [-0.1, -0.05) is 6.92 Å². The molecule has 0 amide bonds. The zero-order valence-corrected chi connectivity index (χ0v) is 7.14. The number of carbonyl (C=O) groups excluding carboxylic acids is 1. The molecule has 0 bridgehead atoms. The van der Waals surface area contributed by atoms with Crippen LogP contribution >= 0.6 is 0 Å². The van der Waals surface area contributed by atoms with E-state index in [1.807, 2.05) is 26.8 Å². The Balaban J connectivity index is 0. The van der Waals surface area contributed by atoms with Crippen LogP contribution in [-0.2, 0) is 4.79 Å². The van der Waals surface area contributed by atoms with E-state index >= 15 is 0 Å². The molecule has 0 unspecified atom stereocenters. The smallest absolute Gasteiger partial charge is 0.129 e. The molecular formula is C8H15NO. The first-order valence-corrected chi connectivity index (χ1v) is 3.43. The first kappa shape index (κ1) is 11.9. The minimum absolute atomic E-state index is 0.190. The average Bonchev–Trinajstić information content (AvgIpc) is 1.89. The molecule has 0 atom stereocenters. The predicted octanol–water partition coefficient (Wildman–Crippen LogP) is 2.15. The second kappa shape index (κ2) is 8.16. The monoisotopic (exact) mass is 141 g/mol. The van der Waals surface area contributed by atoms with Crippen molar-refractivity contribution in [1.29, 1.82) is 5.26 Å². The lowest BCUT2D eigenvalue weighted by atomic mass is 10.3. The number of nitriles is 1. The van der Waals surface area contributed by atoms with Crippen molar-refractivity contribution in [3.63, 3.8) is 0 Å². The first-order valence-electron chi connectivity index (χ1n) is 3.43. The minimum atomic E-state index is 0.190. The maximum atomic E-state index is 9.81. The van der Waals surface area contributed by atoms with E-state index in [9.17, 15) is 4.79 Å². The summed E-state index contributed by atoms with van der Waals surface area (Å²) in [6, 6.07) is 2.03. The Kier molecular flexibility index (Phi) is 9.71. The fourth-order valence-corrected chi connectivity index (χ4v) is 0. The molecule has 0 heterocycles. The lowest BCUT2D eigenvalue weighted by Crippen LogP contribution is -1.80. The number of Topliss-reactive ketones (excluding diaryl/α,β-unsaturated/α-hetero) is 1. The number of carbonyl (C=O) groups is 1. The van der Waals surface area contributed by atoms with Crippen molar-refractivity contribution in [2.24, 2.45) is 5.92 Å². The van der Waals surface area contributed by atoms with E-state index < -0.39 is 0 Å². The van der Waals surface area contributed by atoms with Crippen molar-refractivity contribution in [1.82, 2.24) is 0 Å². The third-order valence-corrected chi connectivity index (χ3v) is 0.756. The van der Waals surface area contributed by atoms with Crippen LogP contribution in [0, 0.1) is 17.2 Å². The highest BCUT2D eigenvalue weighted by Gasteiger charge is 1.78. The maximum Gasteiger partial charge on any atom is 0.129 e. The third kappa shape index (κ3) is 27.2. The van der Waals surface area contributed by atoms with Gasteiger partial charge in [-0.3, -0.25) is 0 Å². The van der Waals surface area contributed by atoms with Gasteiger partial charge in [0.2, 0.25) is 0 Å². The van der Waals surface area contributed by atoms with E-state index in [1.54, 1.807) is 6.92 Å². The lowest BCUT2D eigenvalue weighted by Gasteiger charge is -1.75. The zero-order valence-electron chi connectivity index (χ0n) is 7.14. The summed E-state index contributed by atoms with van der Waals surface area (Å²) in [6.45, 7) is 7.16. The van der Waals surface area contributed by atoms with E-state index in [1.165, 1.54) is 0 Å². The fraction of sp³-hybridized carbons (Fsp3) is 0.750. The van der Waals surface area contributed by atoms with Crippen molar-refractivity contribution in [3.8, 4) is 6.07 Å². The summed E-state index contributed by atoms with van der Waals surface area (Å²) in [5, 5.41) is 7.89. The molecule has 58 valence electrons. The van der Waals surface area contributed by atoms with Crippen molar-refractivity contribution >= 4 is 5.78 Å². The Morgan fingerprint density at radius 3 is 1.80 bits per heavy atom. The van der Waals surface area contributed by atoms with Crippen molar-refractivity contribution in [3.05, 3.63) is 0 Å². The minimum Gasteiger partial charge on any atom is -0.300 e. The largest absolute Gasteiger partial charge is 0.300 e. The molecule has 0 spiro atoms. The van der Waals surface area contributed by atoms with Gasteiger partial charge in [0.1, 0.15) is 5.78 Å². The van der Waals surface area contributed by atoms with Crippen LogP contribution in [0.15, 0.2) is 0 Å². The molecule has 2 nitrogen and oxygen atoms in total. The van der Waals surface area contributed by atoms with Gasteiger partial charge in [0, 0.05) is 12.3 Å². The summed E-state index contributed by atoms with van der Waals surface area (Å²) in [5.41, 5.74) is 0. The molecule has 0 aromatic carbocycles. The highest BCUT2D eigenvalue weighted by Crippen LogP contribution is 1.81. The van der Waals surface area contributed by atoms with Gasteiger partial charge in [0.15, 0.2) is 0 Å². The molecule has 10 heavy (non-hydrogen) atoms. The zero-order chi connectivity index (χ0) is 8.57. The van der Waals surface area contributed by atoms with Crippen molar-refractivity contribution < 1.29 is 4.79 Å². The highest BCUT2D eigenvalue weighted by molar-refractivity contribution is 5.74. The molecular weight excluding hydrogens is 126 g/mol. The quantitative estimate of drug-likeness (QED) is 0.561. The van der Waals surface area contributed by atoms with Crippen molar-refractivity contribution in [2.75, 3.05) is 0 Å². The Morgan fingerprint density at radius 2 is 1.80 bits per heavy atom. The summed E-state index contributed by atoms with van der Waals surface area (Å²) < 4.78 is 0. The molecule has 0 fully saturated rings. The summed E-state index contributed by atoms with van der Waals surface area (Å²) in [4.78, 5) is 9.81. The lowest BCUT2D eigenvalue weighted by molar-refractivity contribution is -0.116. The fourth-order valence-electron chi connectivity index (χ4n) is 0. The average molecular weight is 141 g/mol. The van der Waals surface area contributed by atoms with Gasteiger partial charge in [-0.25, -0.2) is 0 Å². The van der Waals surface area contributed by atoms with E-state index in [-0.39, 0.29) is 11.7 Å². The van der Waals surface area contributed by atoms with Gasteiger partial charge >= 0.3 is 0 Å². The predicted molar refractivity (Wildman–Crippen MR) is 41.4 cm³/mol. The standard InChI is InChI=1S/C4H7N.C4H8O/c1-4(2)3-5;1-3-4(2)5/h4H,1-2H3;3H2,1-2H3. The molecule has 0 aromatic rings. The van der Waals surface area contributed by atoms with Gasteiger partial charge in [0.05, 0.1) is 6.07 Å². The Morgan fingerprint density at radius 1 is 1.60 bits per heavy atom. The molecule has 0 radical (unpaired) electrons. The third-order valence-electron chi connectivity index (χ3n) is 0.756. The van der Waals surface area contributed by atoms with E-state index in [4.69, 9.17) is 5.26 Å². The number of nitrogens with zero attached hydrogens (tertiary/aromatic N) is 1. The Labute approximate surface area is 62.9 Å². The maximum absolute atomic E-state index is 9.81. The van der Waals surface area contributed by atoms with Crippen LogP contribution in [-0.4, -0.2) is 5.78 Å². The van der Waals surface area contributed by atoms with Crippen LogP contribution in [0.1, 0.15) is 34.1 Å². The van der Waals surface area contributed by atoms with Gasteiger partial charge in [-0.05, 0) is 20.8 Å². The van der Waals surface area contributed by atoms with E-state index in [0.717, 1.165) is 0 Å². The number of hydrogen-bond acceptors (Lipinski definition) is 2. The molecule has 0 rings (SSSR count). The van der Waals surface area contributed by atoms with Crippen LogP contribution in [0.5, 0.6) is 0 Å². The molecule has 0 N–H and O–H groups in total. The Hall–Kier alpha value is -0.840. The molecule has 0 saturated carbocycles. The van der Waals surface area contributed by atoms with Gasteiger partial charge < -0.3 is 4.79 Å². The van der Waals surface area contributed by atoms with Crippen molar-refractivity contribution in [2.45, 2.75) is 34.1 Å². The van der Waals surface area contributed by atoms with Crippen LogP contribution < -0.4 is 0 Å². The van der Waals surface area contributed by atoms with Gasteiger partial charge in [-0.15, -0.1) is 0 Å².